The van der Waals surface area contributed by atoms with Crippen LogP contribution in [0.4, 0.5) is 0 Å². The number of hydrogen-bond acceptors (Lipinski definition) is 5. The van der Waals surface area contributed by atoms with Crippen molar-refractivity contribution in [2.45, 2.75) is 6.92 Å². The van der Waals surface area contributed by atoms with Crippen molar-refractivity contribution in [3.8, 4) is 17.0 Å². The second-order valence-corrected chi connectivity index (χ2v) is 4.84. The first kappa shape index (κ1) is 12.7. The van der Waals surface area contributed by atoms with Crippen LogP contribution in [0.3, 0.4) is 0 Å². The summed E-state index contributed by atoms with van der Waals surface area (Å²) in [6, 6.07) is 16.0. The van der Waals surface area contributed by atoms with E-state index in [9.17, 15) is 0 Å². The minimum absolute atomic E-state index is 0.546. The molecule has 4 aromatic rings. The Labute approximate surface area is 126 Å². The minimum Gasteiger partial charge on any atom is -0.477 e. The van der Waals surface area contributed by atoms with Crippen molar-refractivity contribution in [3.05, 3.63) is 48.5 Å². The van der Waals surface area contributed by atoms with Crippen molar-refractivity contribution in [2.75, 3.05) is 6.61 Å². The molecule has 4 rings (SSSR count). The van der Waals surface area contributed by atoms with Crippen LogP contribution in [0, 0.1) is 0 Å². The van der Waals surface area contributed by atoms with Gasteiger partial charge in [0, 0.05) is 10.9 Å². The predicted octanol–water partition coefficient (Wildman–Crippen LogP) is 2.74. The van der Waals surface area contributed by atoms with Crippen LogP contribution in [0.15, 0.2) is 48.5 Å². The summed E-state index contributed by atoms with van der Waals surface area (Å²) >= 11 is 0. The van der Waals surface area contributed by atoms with Gasteiger partial charge in [0.15, 0.2) is 11.3 Å². The zero-order chi connectivity index (χ0) is 14.9. The Morgan fingerprint density at radius 2 is 1.95 bits per heavy atom. The number of nitrogens with zero attached hydrogens (tertiary/aromatic N) is 5. The summed E-state index contributed by atoms with van der Waals surface area (Å²) in [6.07, 6.45) is 0. The minimum atomic E-state index is 0.546. The molecular formula is C16H13N5O. The Morgan fingerprint density at radius 3 is 2.77 bits per heavy atom. The molecule has 0 bridgehead atoms. The first-order chi connectivity index (χ1) is 10.9. The molecular weight excluding hydrogens is 278 g/mol. The maximum atomic E-state index is 5.73. The van der Waals surface area contributed by atoms with Crippen molar-refractivity contribution in [3.63, 3.8) is 0 Å². The molecule has 0 radical (unpaired) electrons. The summed E-state index contributed by atoms with van der Waals surface area (Å²) in [7, 11) is 0. The SMILES string of the molecule is CCOc1nc2c(ccc3nnnn32)cc1-c1ccccc1. The third-order valence-corrected chi connectivity index (χ3v) is 3.47. The van der Waals surface area contributed by atoms with E-state index >= 15 is 0 Å². The van der Waals surface area contributed by atoms with E-state index in [-0.39, 0.29) is 0 Å². The van der Waals surface area contributed by atoms with Crippen LogP contribution in [0.5, 0.6) is 5.88 Å². The molecule has 0 aliphatic carbocycles. The number of fused-ring (bicyclic) bond motifs is 3. The van der Waals surface area contributed by atoms with Crippen LogP contribution in [-0.2, 0) is 0 Å². The highest BCUT2D eigenvalue weighted by molar-refractivity contribution is 5.85. The average molecular weight is 291 g/mol. The zero-order valence-corrected chi connectivity index (χ0v) is 12.0. The Balaban J connectivity index is 2.03. The van der Waals surface area contributed by atoms with Crippen LogP contribution in [-0.4, -0.2) is 31.6 Å². The molecule has 108 valence electrons. The van der Waals surface area contributed by atoms with Crippen LogP contribution in [0.1, 0.15) is 6.92 Å². The summed E-state index contributed by atoms with van der Waals surface area (Å²) in [5.41, 5.74) is 3.38. The van der Waals surface area contributed by atoms with Crippen LogP contribution >= 0.6 is 0 Å². The molecule has 0 atom stereocenters. The Kier molecular flexibility index (Phi) is 2.93. The van der Waals surface area contributed by atoms with Crippen molar-refractivity contribution in [1.82, 2.24) is 25.0 Å². The Bertz CT molecular complexity index is 949. The fraction of sp³-hybridized carbons (Fsp3) is 0.125. The zero-order valence-electron chi connectivity index (χ0n) is 12.0. The second-order valence-electron chi connectivity index (χ2n) is 4.84. The largest absolute Gasteiger partial charge is 0.477 e. The second kappa shape index (κ2) is 5.07. The van der Waals surface area contributed by atoms with Gasteiger partial charge in [-0.2, -0.15) is 9.50 Å². The fourth-order valence-electron chi connectivity index (χ4n) is 2.48. The molecule has 0 spiro atoms. The van der Waals surface area contributed by atoms with Gasteiger partial charge in [0.05, 0.1) is 6.61 Å². The van der Waals surface area contributed by atoms with Crippen LogP contribution < -0.4 is 4.74 Å². The Hall–Kier alpha value is -3.02. The number of aromatic nitrogens is 5. The van der Waals surface area contributed by atoms with E-state index in [1.54, 1.807) is 4.52 Å². The lowest BCUT2D eigenvalue weighted by Crippen LogP contribution is -2.01. The summed E-state index contributed by atoms with van der Waals surface area (Å²) < 4.78 is 7.35. The molecule has 3 aromatic heterocycles. The van der Waals surface area contributed by atoms with Gasteiger partial charge < -0.3 is 4.74 Å². The highest BCUT2D eigenvalue weighted by atomic mass is 16.5. The monoisotopic (exact) mass is 291 g/mol. The first-order valence-corrected chi connectivity index (χ1v) is 7.07. The van der Waals surface area contributed by atoms with Gasteiger partial charge in [-0.25, -0.2) is 0 Å². The lowest BCUT2D eigenvalue weighted by atomic mass is 10.1. The molecule has 0 aliphatic rings. The van der Waals surface area contributed by atoms with Crippen molar-refractivity contribution >= 4 is 16.7 Å². The van der Waals surface area contributed by atoms with Gasteiger partial charge in [0.1, 0.15) is 0 Å². The molecule has 0 amide bonds. The standard InChI is InChI=1S/C16H13N5O/c1-2-22-16-13(11-6-4-3-5-7-11)10-12-8-9-14-18-19-20-21(14)15(12)17-16/h3-10H,2H2,1H3. The van der Waals surface area contributed by atoms with Gasteiger partial charge in [0.2, 0.25) is 5.88 Å². The van der Waals surface area contributed by atoms with E-state index < -0.39 is 0 Å². The first-order valence-electron chi connectivity index (χ1n) is 7.07. The summed E-state index contributed by atoms with van der Waals surface area (Å²) in [5.74, 6) is 0.587. The van der Waals surface area contributed by atoms with E-state index in [1.165, 1.54) is 0 Å². The summed E-state index contributed by atoms with van der Waals surface area (Å²) in [5, 5.41) is 12.6. The van der Waals surface area contributed by atoms with Crippen molar-refractivity contribution in [2.24, 2.45) is 0 Å². The molecule has 0 saturated heterocycles. The number of benzene rings is 1. The quantitative estimate of drug-likeness (QED) is 0.580. The van der Waals surface area contributed by atoms with Gasteiger partial charge in [0.25, 0.3) is 0 Å². The van der Waals surface area contributed by atoms with Crippen molar-refractivity contribution < 1.29 is 4.74 Å². The van der Waals surface area contributed by atoms with Gasteiger partial charge in [-0.15, -0.1) is 5.10 Å². The van der Waals surface area contributed by atoms with Crippen molar-refractivity contribution in [1.29, 1.82) is 0 Å². The van der Waals surface area contributed by atoms with Gasteiger partial charge in [-0.1, -0.05) is 30.3 Å². The molecule has 22 heavy (non-hydrogen) atoms. The number of ether oxygens (including phenoxy) is 1. The number of tetrazole rings is 1. The number of hydrogen-bond donors (Lipinski definition) is 0. The fourth-order valence-corrected chi connectivity index (χ4v) is 2.48. The summed E-state index contributed by atoms with van der Waals surface area (Å²) in [6.45, 7) is 2.49. The third-order valence-electron chi connectivity index (χ3n) is 3.47. The summed E-state index contributed by atoms with van der Waals surface area (Å²) in [4.78, 5) is 4.64. The molecule has 6 heteroatoms. The topological polar surface area (TPSA) is 65.2 Å². The maximum absolute atomic E-state index is 5.73. The highest BCUT2D eigenvalue weighted by Crippen LogP contribution is 2.31. The lowest BCUT2D eigenvalue weighted by molar-refractivity contribution is 0.329. The van der Waals surface area contributed by atoms with Gasteiger partial charge in [-0.3, -0.25) is 0 Å². The predicted molar refractivity (Wildman–Crippen MR) is 82.7 cm³/mol. The molecule has 0 fully saturated rings. The lowest BCUT2D eigenvalue weighted by Gasteiger charge is -2.11. The molecule has 3 heterocycles. The van der Waals surface area contributed by atoms with Crippen LogP contribution in [0.25, 0.3) is 27.8 Å². The number of pyridine rings is 2. The number of rotatable bonds is 3. The molecule has 1 aromatic carbocycles. The van der Waals surface area contributed by atoms with E-state index in [0.29, 0.717) is 23.8 Å². The average Bonchev–Trinajstić information content (AvgIpc) is 3.04. The van der Waals surface area contributed by atoms with Gasteiger partial charge >= 0.3 is 0 Å². The van der Waals surface area contributed by atoms with E-state index in [2.05, 4.69) is 26.6 Å². The maximum Gasteiger partial charge on any atom is 0.223 e. The Morgan fingerprint density at radius 1 is 1.09 bits per heavy atom. The third kappa shape index (κ3) is 1.96. The van der Waals surface area contributed by atoms with Crippen LogP contribution in [0.2, 0.25) is 0 Å². The molecule has 0 N–H and O–H groups in total. The van der Waals surface area contributed by atoms with E-state index in [0.717, 1.165) is 16.5 Å². The smallest absolute Gasteiger partial charge is 0.223 e. The molecule has 0 saturated carbocycles. The molecule has 0 aliphatic heterocycles. The normalized spacial score (nSPS) is 11.1. The van der Waals surface area contributed by atoms with Gasteiger partial charge in [-0.05, 0) is 41.1 Å². The molecule has 6 nitrogen and oxygen atoms in total. The molecule has 0 unspecified atom stereocenters. The van der Waals surface area contributed by atoms with E-state index in [4.69, 9.17) is 4.74 Å². The highest BCUT2D eigenvalue weighted by Gasteiger charge is 2.13. The van der Waals surface area contributed by atoms with E-state index in [1.807, 2.05) is 49.4 Å².